The van der Waals surface area contributed by atoms with Gasteiger partial charge in [-0.05, 0) is 19.4 Å². The molecule has 0 aliphatic carbocycles. The van der Waals surface area contributed by atoms with Crippen LogP contribution in [0, 0.1) is 0 Å². The van der Waals surface area contributed by atoms with Crippen LogP contribution >= 0.6 is 0 Å². The molecule has 1 saturated heterocycles. The molecule has 0 saturated carbocycles. The van der Waals surface area contributed by atoms with E-state index in [1.165, 1.54) is 0 Å². The maximum atomic E-state index is 10.4. The van der Waals surface area contributed by atoms with Crippen molar-refractivity contribution in [2.45, 2.75) is 18.9 Å². The van der Waals surface area contributed by atoms with Gasteiger partial charge >= 0.3 is 6.09 Å². The third-order valence-electron chi connectivity index (χ3n) is 2.22. The number of rotatable bonds is 3. The van der Waals surface area contributed by atoms with Gasteiger partial charge < -0.3 is 10.4 Å². The Kier molecular flexibility index (Phi) is 3.76. The molecule has 1 aliphatic heterocycles. The fourth-order valence-corrected chi connectivity index (χ4v) is 1.70. The Balaban J connectivity index is 2.32. The zero-order valence-corrected chi connectivity index (χ0v) is 7.70. The summed E-state index contributed by atoms with van der Waals surface area (Å²) in [4.78, 5) is 12.6. The lowest BCUT2D eigenvalue weighted by Gasteiger charge is -2.31. The van der Waals surface area contributed by atoms with Crippen LogP contribution in [0.4, 0.5) is 4.79 Å². The lowest BCUT2D eigenvalue weighted by Crippen LogP contribution is -2.47. The smallest absolute Gasteiger partial charge is 0.404 e. The molecule has 74 valence electrons. The first-order chi connectivity index (χ1) is 6.22. The van der Waals surface area contributed by atoms with Crippen molar-refractivity contribution in [3.05, 3.63) is 12.7 Å². The van der Waals surface area contributed by atoms with Crippen LogP contribution < -0.4 is 5.32 Å². The van der Waals surface area contributed by atoms with Gasteiger partial charge in [0.25, 0.3) is 0 Å². The largest absolute Gasteiger partial charge is 0.465 e. The highest BCUT2D eigenvalue weighted by molar-refractivity contribution is 5.64. The van der Waals surface area contributed by atoms with Crippen LogP contribution in [0.2, 0.25) is 0 Å². The molecule has 13 heavy (non-hydrogen) atoms. The number of piperidine rings is 1. The summed E-state index contributed by atoms with van der Waals surface area (Å²) in [6.45, 7) is 6.36. The van der Waals surface area contributed by atoms with E-state index in [-0.39, 0.29) is 6.04 Å². The molecule has 0 aromatic carbocycles. The van der Waals surface area contributed by atoms with Crippen molar-refractivity contribution in [2.75, 3.05) is 19.6 Å². The van der Waals surface area contributed by atoms with E-state index in [0.29, 0.717) is 0 Å². The topological polar surface area (TPSA) is 52.6 Å². The molecular weight excluding hydrogens is 168 g/mol. The van der Waals surface area contributed by atoms with Gasteiger partial charge in [-0.3, -0.25) is 4.90 Å². The van der Waals surface area contributed by atoms with Gasteiger partial charge in [-0.1, -0.05) is 6.08 Å². The van der Waals surface area contributed by atoms with E-state index >= 15 is 0 Å². The van der Waals surface area contributed by atoms with Gasteiger partial charge in [0, 0.05) is 19.1 Å². The quantitative estimate of drug-likeness (QED) is 0.641. The van der Waals surface area contributed by atoms with Crippen molar-refractivity contribution >= 4 is 6.09 Å². The minimum atomic E-state index is -0.926. The van der Waals surface area contributed by atoms with Crippen LogP contribution in [-0.4, -0.2) is 41.8 Å². The lowest BCUT2D eigenvalue weighted by atomic mass is 10.1. The molecule has 0 spiro atoms. The summed E-state index contributed by atoms with van der Waals surface area (Å²) >= 11 is 0. The zero-order chi connectivity index (χ0) is 9.68. The van der Waals surface area contributed by atoms with E-state index in [9.17, 15) is 4.79 Å². The highest BCUT2D eigenvalue weighted by Crippen LogP contribution is 2.09. The predicted octanol–water partition coefficient (Wildman–Crippen LogP) is 0.904. The number of likely N-dealkylation sites (tertiary alicyclic amines) is 1. The number of carbonyl (C=O) groups is 1. The van der Waals surface area contributed by atoms with Gasteiger partial charge in [0.15, 0.2) is 0 Å². The van der Waals surface area contributed by atoms with Crippen molar-refractivity contribution in [3.63, 3.8) is 0 Å². The monoisotopic (exact) mass is 184 g/mol. The molecule has 1 atom stereocenters. The number of nitrogens with zero attached hydrogens (tertiary/aromatic N) is 1. The minimum Gasteiger partial charge on any atom is -0.465 e. The standard InChI is InChI=1S/C9H16N2O2/c1-2-5-11-6-3-4-8(7-11)10-9(12)13/h2,8,10H,1,3-7H2,(H,12,13). The van der Waals surface area contributed by atoms with Gasteiger partial charge in [0.2, 0.25) is 0 Å². The highest BCUT2D eigenvalue weighted by Gasteiger charge is 2.19. The number of carboxylic acid groups (broad SMARTS) is 1. The molecule has 1 fully saturated rings. The number of hydrogen-bond donors (Lipinski definition) is 2. The molecule has 1 amide bonds. The second-order valence-corrected chi connectivity index (χ2v) is 3.34. The predicted molar refractivity (Wildman–Crippen MR) is 50.8 cm³/mol. The Bertz CT molecular complexity index is 194. The third kappa shape index (κ3) is 3.46. The van der Waals surface area contributed by atoms with E-state index in [4.69, 9.17) is 5.11 Å². The summed E-state index contributed by atoms with van der Waals surface area (Å²) in [5, 5.41) is 11.0. The van der Waals surface area contributed by atoms with E-state index in [2.05, 4.69) is 16.8 Å². The molecule has 2 N–H and O–H groups in total. The summed E-state index contributed by atoms with van der Waals surface area (Å²) in [5.41, 5.74) is 0. The second-order valence-electron chi connectivity index (χ2n) is 3.34. The fraction of sp³-hybridized carbons (Fsp3) is 0.667. The van der Waals surface area contributed by atoms with Crippen LogP contribution in [0.3, 0.4) is 0 Å². The van der Waals surface area contributed by atoms with Crippen molar-refractivity contribution in [3.8, 4) is 0 Å². The molecule has 1 rings (SSSR count). The minimum absolute atomic E-state index is 0.0891. The molecule has 1 unspecified atom stereocenters. The molecule has 4 nitrogen and oxygen atoms in total. The maximum Gasteiger partial charge on any atom is 0.404 e. The summed E-state index contributed by atoms with van der Waals surface area (Å²) in [6, 6.07) is 0.0891. The first-order valence-corrected chi connectivity index (χ1v) is 4.55. The van der Waals surface area contributed by atoms with Gasteiger partial charge in [-0.2, -0.15) is 0 Å². The molecule has 0 bridgehead atoms. The van der Waals surface area contributed by atoms with Gasteiger partial charge in [-0.15, -0.1) is 6.58 Å². The first kappa shape index (κ1) is 10.1. The summed E-state index contributed by atoms with van der Waals surface area (Å²) < 4.78 is 0. The van der Waals surface area contributed by atoms with Crippen LogP contribution in [0.1, 0.15) is 12.8 Å². The molecule has 0 radical (unpaired) electrons. The Labute approximate surface area is 78.2 Å². The summed E-state index contributed by atoms with van der Waals surface area (Å²) in [7, 11) is 0. The Hall–Kier alpha value is -1.03. The summed E-state index contributed by atoms with van der Waals surface area (Å²) in [6.07, 6.45) is 2.92. The van der Waals surface area contributed by atoms with Crippen molar-refractivity contribution in [1.29, 1.82) is 0 Å². The van der Waals surface area contributed by atoms with Gasteiger partial charge in [0.1, 0.15) is 0 Å². The SMILES string of the molecule is C=CCN1CCCC(NC(=O)O)C1. The number of amides is 1. The van der Waals surface area contributed by atoms with E-state index in [1.807, 2.05) is 6.08 Å². The molecule has 0 aromatic heterocycles. The van der Waals surface area contributed by atoms with Crippen LogP contribution in [-0.2, 0) is 0 Å². The average Bonchev–Trinajstić information content (AvgIpc) is 2.04. The molecule has 0 aromatic rings. The normalized spacial score (nSPS) is 23.8. The number of hydrogen-bond acceptors (Lipinski definition) is 2. The van der Waals surface area contributed by atoms with Crippen LogP contribution in [0.15, 0.2) is 12.7 Å². The van der Waals surface area contributed by atoms with Crippen molar-refractivity contribution in [2.24, 2.45) is 0 Å². The second kappa shape index (κ2) is 4.87. The third-order valence-corrected chi connectivity index (χ3v) is 2.22. The van der Waals surface area contributed by atoms with Crippen LogP contribution in [0.25, 0.3) is 0 Å². The molecular formula is C9H16N2O2. The van der Waals surface area contributed by atoms with Gasteiger partial charge in [-0.25, -0.2) is 4.79 Å². The van der Waals surface area contributed by atoms with E-state index in [0.717, 1.165) is 32.5 Å². The molecule has 1 aliphatic rings. The fourth-order valence-electron chi connectivity index (χ4n) is 1.70. The lowest BCUT2D eigenvalue weighted by molar-refractivity contribution is 0.169. The Morgan fingerprint density at radius 3 is 3.15 bits per heavy atom. The maximum absolute atomic E-state index is 10.4. The molecule has 1 heterocycles. The first-order valence-electron chi connectivity index (χ1n) is 4.55. The number of nitrogens with one attached hydrogen (secondary N) is 1. The highest BCUT2D eigenvalue weighted by atomic mass is 16.4. The van der Waals surface area contributed by atoms with Crippen LogP contribution in [0.5, 0.6) is 0 Å². The summed E-state index contributed by atoms with van der Waals surface area (Å²) in [5.74, 6) is 0. The zero-order valence-electron chi connectivity index (χ0n) is 7.70. The van der Waals surface area contributed by atoms with Crippen molar-refractivity contribution in [1.82, 2.24) is 10.2 Å². The van der Waals surface area contributed by atoms with Crippen molar-refractivity contribution < 1.29 is 9.90 Å². The van der Waals surface area contributed by atoms with E-state index in [1.54, 1.807) is 0 Å². The molecule has 4 heteroatoms. The van der Waals surface area contributed by atoms with Gasteiger partial charge in [0.05, 0.1) is 0 Å². The average molecular weight is 184 g/mol. The Morgan fingerprint density at radius 1 is 1.77 bits per heavy atom. The Morgan fingerprint density at radius 2 is 2.54 bits per heavy atom. The van der Waals surface area contributed by atoms with E-state index < -0.39 is 6.09 Å².